The van der Waals surface area contributed by atoms with Gasteiger partial charge in [0.25, 0.3) is 0 Å². The summed E-state index contributed by atoms with van der Waals surface area (Å²) in [7, 11) is 2.08. The molecular weight excluding hydrogens is 263 g/mol. The summed E-state index contributed by atoms with van der Waals surface area (Å²) in [5, 5.41) is 0. The van der Waals surface area contributed by atoms with E-state index in [9.17, 15) is 4.39 Å². The van der Waals surface area contributed by atoms with Crippen molar-refractivity contribution in [3.8, 4) is 0 Å². The smallest absolute Gasteiger partial charge is 0.123 e. The van der Waals surface area contributed by atoms with Crippen molar-refractivity contribution in [3.05, 3.63) is 65.7 Å². The van der Waals surface area contributed by atoms with Crippen molar-refractivity contribution in [1.82, 2.24) is 9.88 Å². The van der Waals surface area contributed by atoms with Gasteiger partial charge in [-0.3, -0.25) is 9.88 Å². The highest BCUT2D eigenvalue weighted by Crippen LogP contribution is 2.27. The van der Waals surface area contributed by atoms with E-state index >= 15 is 0 Å². The highest BCUT2D eigenvalue weighted by molar-refractivity contribution is 5.28. The van der Waals surface area contributed by atoms with Crippen LogP contribution in [0.1, 0.15) is 37.6 Å². The fourth-order valence-corrected chi connectivity index (χ4v) is 2.46. The van der Waals surface area contributed by atoms with Gasteiger partial charge < -0.3 is 0 Å². The third-order valence-electron chi connectivity index (χ3n) is 3.63. The lowest BCUT2D eigenvalue weighted by molar-refractivity contribution is 0.257. The first-order valence-corrected chi connectivity index (χ1v) is 7.44. The summed E-state index contributed by atoms with van der Waals surface area (Å²) in [4.78, 5) is 6.72. The van der Waals surface area contributed by atoms with Crippen LogP contribution >= 0.6 is 0 Å². The second-order valence-electron chi connectivity index (χ2n) is 5.88. The molecule has 1 heterocycles. The van der Waals surface area contributed by atoms with Crippen LogP contribution in [-0.4, -0.2) is 23.5 Å². The molecule has 21 heavy (non-hydrogen) atoms. The van der Waals surface area contributed by atoms with Gasteiger partial charge in [-0.25, -0.2) is 4.39 Å². The van der Waals surface area contributed by atoms with Gasteiger partial charge in [0.1, 0.15) is 5.82 Å². The number of benzene rings is 1. The average molecular weight is 286 g/mol. The number of aromatic nitrogens is 1. The number of rotatable bonds is 6. The molecule has 0 N–H and O–H groups in total. The van der Waals surface area contributed by atoms with Crippen molar-refractivity contribution in [2.75, 3.05) is 13.6 Å². The van der Waals surface area contributed by atoms with E-state index in [-0.39, 0.29) is 11.9 Å². The molecule has 1 aromatic carbocycles. The molecule has 2 aromatic rings. The highest BCUT2D eigenvalue weighted by Gasteiger charge is 2.20. The maximum atomic E-state index is 13.6. The maximum absolute atomic E-state index is 13.6. The minimum absolute atomic E-state index is 0.0133. The van der Waals surface area contributed by atoms with Gasteiger partial charge in [0, 0.05) is 6.20 Å². The molecule has 0 saturated heterocycles. The minimum Gasteiger partial charge on any atom is -0.294 e. The van der Waals surface area contributed by atoms with Crippen molar-refractivity contribution >= 4 is 0 Å². The van der Waals surface area contributed by atoms with Crippen LogP contribution in [0.3, 0.4) is 0 Å². The Kier molecular flexibility index (Phi) is 5.45. The fourth-order valence-electron chi connectivity index (χ4n) is 2.46. The molecule has 3 heteroatoms. The average Bonchev–Trinajstić information content (AvgIpc) is 2.46. The quantitative estimate of drug-likeness (QED) is 0.787. The Morgan fingerprint density at radius 2 is 1.95 bits per heavy atom. The molecule has 0 aliphatic heterocycles. The van der Waals surface area contributed by atoms with Crippen molar-refractivity contribution in [3.63, 3.8) is 0 Å². The second-order valence-corrected chi connectivity index (χ2v) is 5.88. The van der Waals surface area contributed by atoms with Gasteiger partial charge in [0.05, 0.1) is 11.7 Å². The molecule has 2 nitrogen and oxygen atoms in total. The van der Waals surface area contributed by atoms with Crippen LogP contribution < -0.4 is 0 Å². The number of nitrogens with zero attached hydrogens (tertiary/aromatic N) is 2. The lowest BCUT2D eigenvalue weighted by Gasteiger charge is -2.28. The summed E-state index contributed by atoms with van der Waals surface area (Å²) in [6.45, 7) is 5.38. The van der Waals surface area contributed by atoms with Crippen molar-refractivity contribution in [2.45, 2.75) is 26.3 Å². The van der Waals surface area contributed by atoms with Gasteiger partial charge in [-0.05, 0) is 55.8 Å². The van der Waals surface area contributed by atoms with Crippen molar-refractivity contribution < 1.29 is 4.39 Å². The van der Waals surface area contributed by atoms with Crippen LogP contribution in [0.15, 0.2) is 48.7 Å². The van der Waals surface area contributed by atoms with Crippen LogP contribution in [0.25, 0.3) is 0 Å². The summed E-state index contributed by atoms with van der Waals surface area (Å²) in [5.41, 5.74) is 1.90. The van der Waals surface area contributed by atoms with Gasteiger partial charge in [-0.15, -0.1) is 0 Å². The molecule has 1 aromatic heterocycles. The monoisotopic (exact) mass is 286 g/mol. The first-order valence-electron chi connectivity index (χ1n) is 7.44. The van der Waals surface area contributed by atoms with Crippen LogP contribution in [0.4, 0.5) is 4.39 Å². The van der Waals surface area contributed by atoms with E-state index in [0.717, 1.165) is 24.2 Å². The lowest BCUT2D eigenvalue weighted by atomic mass is 10.0. The maximum Gasteiger partial charge on any atom is 0.123 e. The summed E-state index contributed by atoms with van der Waals surface area (Å²) in [6.07, 6.45) is 2.90. The molecule has 0 radical (unpaired) electrons. The minimum atomic E-state index is -0.203. The van der Waals surface area contributed by atoms with Crippen molar-refractivity contribution in [1.29, 1.82) is 0 Å². The standard InChI is InChI=1S/C18H23FN2/c1-14(2)10-12-21(3)18(17-9-4-5-11-20-17)15-7-6-8-16(19)13-15/h4-9,11,13-14,18H,10,12H2,1-3H3. The van der Waals surface area contributed by atoms with E-state index in [1.54, 1.807) is 18.3 Å². The van der Waals surface area contributed by atoms with Gasteiger partial charge in [0.2, 0.25) is 0 Å². The highest BCUT2D eigenvalue weighted by atomic mass is 19.1. The summed E-state index contributed by atoms with van der Waals surface area (Å²) < 4.78 is 13.6. The van der Waals surface area contributed by atoms with Crippen LogP contribution in [-0.2, 0) is 0 Å². The topological polar surface area (TPSA) is 16.1 Å². The Morgan fingerprint density at radius 1 is 1.14 bits per heavy atom. The van der Waals surface area contributed by atoms with Gasteiger partial charge in [0.15, 0.2) is 0 Å². The second kappa shape index (κ2) is 7.32. The zero-order valence-electron chi connectivity index (χ0n) is 13.0. The van der Waals surface area contributed by atoms with E-state index < -0.39 is 0 Å². The zero-order valence-corrected chi connectivity index (χ0v) is 13.0. The fraction of sp³-hybridized carbons (Fsp3) is 0.389. The largest absolute Gasteiger partial charge is 0.294 e. The van der Waals surface area contributed by atoms with Crippen molar-refractivity contribution in [2.24, 2.45) is 5.92 Å². The molecule has 0 aliphatic carbocycles. The van der Waals surface area contributed by atoms with E-state index in [1.165, 1.54) is 6.07 Å². The first kappa shape index (κ1) is 15.6. The molecule has 0 saturated carbocycles. The van der Waals surface area contributed by atoms with Crippen LogP contribution in [0.2, 0.25) is 0 Å². The third-order valence-corrected chi connectivity index (χ3v) is 3.63. The summed E-state index contributed by atoms with van der Waals surface area (Å²) >= 11 is 0. The number of hydrogen-bond acceptors (Lipinski definition) is 2. The predicted molar refractivity (Wildman–Crippen MR) is 84.6 cm³/mol. The zero-order chi connectivity index (χ0) is 15.2. The first-order chi connectivity index (χ1) is 10.1. The molecule has 0 fully saturated rings. The van der Waals surface area contributed by atoms with E-state index in [2.05, 4.69) is 30.8 Å². The third kappa shape index (κ3) is 4.36. The molecule has 0 amide bonds. The normalized spacial score (nSPS) is 12.9. The van der Waals surface area contributed by atoms with Gasteiger partial charge >= 0.3 is 0 Å². The van der Waals surface area contributed by atoms with Crippen LogP contribution in [0, 0.1) is 11.7 Å². The Balaban J connectivity index is 2.31. The summed E-state index contributed by atoms with van der Waals surface area (Å²) in [6, 6.07) is 12.7. The summed E-state index contributed by atoms with van der Waals surface area (Å²) in [5.74, 6) is 0.440. The molecule has 1 atom stereocenters. The Bertz CT molecular complexity index is 554. The molecular formula is C18H23FN2. The molecule has 0 spiro atoms. The molecule has 2 rings (SSSR count). The van der Waals surface area contributed by atoms with E-state index in [0.29, 0.717) is 5.92 Å². The number of hydrogen-bond donors (Lipinski definition) is 0. The molecule has 0 aliphatic rings. The van der Waals surface area contributed by atoms with Gasteiger partial charge in [-0.2, -0.15) is 0 Å². The Morgan fingerprint density at radius 3 is 2.57 bits per heavy atom. The Hall–Kier alpha value is -1.74. The SMILES string of the molecule is CC(C)CCN(C)C(c1cccc(F)c1)c1ccccn1. The molecule has 0 bridgehead atoms. The van der Waals surface area contributed by atoms with Gasteiger partial charge in [-0.1, -0.05) is 32.0 Å². The molecule has 112 valence electrons. The predicted octanol–water partition coefficient (Wildman–Crippen LogP) is 4.29. The lowest BCUT2D eigenvalue weighted by Crippen LogP contribution is -2.28. The van der Waals surface area contributed by atoms with Crippen LogP contribution in [0.5, 0.6) is 0 Å². The van der Waals surface area contributed by atoms with E-state index in [4.69, 9.17) is 0 Å². The number of pyridine rings is 1. The molecule has 1 unspecified atom stereocenters. The van der Waals surface area contributed by atoms with E-state index in [1.807, 2.05) is 24.3 Å². The number of halogens is 1. The Labute approximate surface area is 126 Å².